The van der Waals surface area contributed by atoms with Crippen molar-refractivity contribution >= 4 is 29.0 Å². The molecule has 0 aliphatic carbocycles. The summed E-state index contributed by atoms with van der Waals surface area (Å²) in [6.45, 7) is 0. The van der Waals surface area contributed by atoms with Gasteiger partial charge < -0.3 is 10.7 Å². The Morgan fingerprint density at radius 3 is 3.14 bits per heavy atom. The minimum atomic E-state index is -0.278. The highest BCUT2D eigenvalue weighted by Gasteiger charge is 2.06. The quantitative estimate of drug-likeness (QED) is 0.796. The maximum Gasteiger partial charge on any atom is 0.272 e. The van der Waals surface area contributed by atoms with Gasteiger partial charge in [-0.05, 0) is 17.6 Å². The van der Waals surface area contributed by atoms with Crippen LogP contribution in [0.4, 0.5) is 5.69 Å². The highest BCUT2D eigenvalue weighted by atomic mass is 32.2. The summed E-state index contributed by atoms with van der Waals surface area (Å²) in [6, 6.07) is 1.74. The molecule has 0 aromatic carbocycles. The smallest absolute Gasteiger partial charge is 0.272 e. The first-order valence-electron chi connectivity index (χ1n) is 3.69. The van der Waals surface area contributed by atoms with Crippen molar-refractivity contribution in [3.63, 3.8) is 0 Å². The van der Waals surface area contributed by atoms with E-state index in [-0.39, 0.29) is 11.2 Å². The molecule has 0 spiro atoms. The number of nitrogens with one attached hydrogen (secondary N) is 1. The topological polar surface area (TPSA) is 84.7 Å². The van der Waals surface area contributed by atoms with Crippen LogP contribution in [0.3, 0.4) is 0 Å². The Morgan fingerprint density at radius 2 is 2.43 bits per heavy atom. The fourth-order valence-electron chi connectivity index (χ4n) is 0.863. The average Bonchev–Trinajstić information content (AvgIpc) is 2.66. The lowest BCUT2D eigenvalue weighted by Gasteiger charge is -1.99. The van der Waals surface area contributed by atoms with Gasteiger partial charge in [0.2, 0.25) is 0 Å². The summed E-state index contributed by atoms with van der Waals surface area (Å²) in [5.41, 5.74) is 5.53. The van der Waals surface area contributed by atoms with Gasteiger partial charge in [-0.25, -0.2) is 4.98 Å². The number of hydrogen-bond donors (Lipinski definition) is 2. The Labute approximate surface area is 87.6 Å². The molecule has 14 heavy (non-hydrogen) atoms. The van der Waals surface area contributed by atoms with E-state index in [2.05, 4.69) is 14.3 Å². The number of anilines is 1. The summed E-state index contributed by atoms with van der Waals surface area (Å²) >= 11 is 2.60. The first kappa shape index (κ1) is 9.22. The second-order valence-electron chi connectivity index (χ2n) is 2.39. The van der Waals surface area contributed by atoms with Gasteiger partial charge in [0.15, 0.2) is 4.34 Å². The van der Waals surface area contributed by atoms with Gasteiger partial charge in [-0.2, -0.15) is 4.37 Å². The van der Waals surface area contributed by atoms with E-state index in [9.17, 15) is 4.79 Å². The third-order valence-corrected chi connectivity index (χ3v) is 3.29. The van der Waals surface area contributed by atoms with Gasteiger partial charge in [-0.3, -0.25) is 4.79 Å². The highest BCUT2D eigenvalue weighted by molar-refractivity contribution is 8.01. The first-order chi connectivity index (χ1) is 6.77. The number of aromatic amines is 1. The third kappa shape index (κ3) is 1.78. The Hall–Kier alpha value is -1.34. The van der Waals surface area contributed by atoms with Crippen molar-refractivity contribution in [3.05, 3.63) is 28.9 Å². The molecule has 2 aromatic rings. The lowest BCUT2D eigenvalue weighted by atomic mass is 10.4. The largest absolute Gasteiger partial charge is 0.393 e. The van der Waals surface area contributed by atoms with Gasteiger partial charge in [-0.15, -0.1) is 0 Å². The molecule has 7 heteroatoms. The molecule has 0 saturated heterocycles. The zero-order valence-electron chi connectivity index (χ0n) is 6.93. The van der Waals surface area contributed by atoms with Gasteiger partial charge >= 0.3 is 0 Å². The monoisotopic (exact) mass is 226 g/mol. The molecule has 0 aliphatic rings. The number of pyridine rings is 1. The SMILES string of the molecule is Nc1c(Sc2ncns2)cc[nH]c1=O. The number of H-pyrrole nitrogens is 1. The normalized spacial score (nSPS) is 10.3. The number of aromatic nitrogens is 3. The molecule has 2 rings (SSSR count). The maximum atomic E-state index is 11.1. The van der Waals surface area contributed by atoms with Crippen LogP contribution in [0.15, 0.2) is 32.6 Å². The summed E-state index contributed by atoms with van der Waals surface area (Å²) in [7, 11) is 0. The molecule has 2 heterocycles. The molecule has 3 N–H and O–H groups in total. The van der Waals surface area contributed by atoms with Crippen molar-refractivity contribution in [3.8, 4) is 0 Å². The zero-order chi connectivity index (χ0) is 9.97. The molecular weight excluding hydrogens is 220 g/mol. The molecule has 2 aromatic heterocycles. The van der Waals surface area contributed by atoms with Crippen molar-refractivity contribution < 1.29 is 0 Å². The van der Waals surface area contributed by atoms with E-state index in [1.807, 2.05) is 0 Å². The molecule has 0 atom stereocenters. The molecule has 0 saturated carbocycles. The number of rotatable bonds is 2. The molecule has 0 amide bonds. The zero-order valence-corrected chi connectivity index (χ0v) is 8.56. The van der Waals surface area contributed by atoms with Crippen LogP contribution in [0.5, 0.6) is 0 Å². The van der Waals surface area contributed by atoms with Crippen LogP contribution in [0.25, 0.3) is 0 Å². The van der Waals surface area contributed by atoms with Crippen LogP contribution < -0.4 is 11.3 Å². The molecule has 0 fully saturated rings. The van der Waals surface area contributed by atoms with E-state index >= 15 is 0 Å². The minimum absolute atomic E-state index is 0.215. The molecule has 0 aliphatic heterocycles. The summed E-state index contributed by atoms with van der Waals surface area (Å²) in [5.74, 6) is 0. The van der Waals surface area contributed by atoms with Gasteiger partial charge in [0.05, 0.1) is 0 Å². The lowest BCUT2D eigenvalue weighted by molar-refractivity contribution is 1.18. The Bertz CT molecular complexity index is 479. The Balaban J connectivity index is 2.34. The van der Waals surface area contributed by atoms with E-state index in [4.69, 9.17) is 5.73 Å². The molecule has 72 valence electrons. The predicted molar refractivity (Wildman–Crippen MR) is 55.5 cm³/mol. The first-order valence-corrected chi connectivity index (χ1v) is 5.28. The van der Waals surface area contributed by atoms with E-state index in [0.717, 1.165) is 4.34 Å². The molecule has 0 radical (unpaired) electrons. The van der Waals surface area contributed by atoms with Crippen LogP contribution >= 0.6 is 23.3 Å². The summed E-state index contributed by atoms with van der Waals surface area (Å²) in [6.07, 6.45) is 3.03. The Kier molecular flexibility index (Phi) is 2.51. The van der Waals surface area contributed by atoms with Gasteiger partial charge in [-0.1, -0.05) is 11.8 Å². The fraction of sp³-hybridized carbons (Fsp3) is 0. The van der Waals surface area contributed by atoms with Crippen LogP contribution in [0, 0.1) is 0 Å². The van der Waals surface area contributed by atoms with Gasteiger partial charge in [0.1, 0.15) is 12.0 Å². The van der Waals surface area contributed by atoms with Crippen LogP contribution in [-0.2, 0) is 0 Å². The number of hydrogen-bond acceptors (Lipinski definition) is 6. The van der Waals surface area contributed by atoms with Crippen molar-refractivity contribution in [1.29, 1.82) is 0 Å². The highest BCUT2D eigenvalue weighted by Crippen LogP contribution is 2.29. The average molecular weight is 226 g/mol. The van der Waals surface area contributed by atoms with Crippen molar-refractivity contribution in [2.45, 2.75) is 9.24 Å². The minimum Gasteiger partial charge on any atom is -0.393 e. The van der Waals surface area contributed by atoms with E-state index in [1.165, 1.54) is 29.6 Å². The maximum absolute atomic E-state index is 11.1. The molecular formula is C7H6N4OS2. The van der Waals surface area contributed by atoms with Crippen LogP contribution in [-0.4, -0.2) is 14.3 Å². The van der Waals surface area contributed by atoms with E-state index < -0.39 is 0 Å². The molecule has 0 bridgehead atoms. The predicted octanol–water partition coefficient (Wildman–Crippen LogP) is 0.960. The second kappa shape index (κ2) is 3.81. The lowest BCUT2D eigenvalue weighted by Crippen LogP contribution is -2.11. The third-order valence-electron chi connectivity index (χ3n) is 1.50. The summed E-state index contributed by atoms with van der Waals surface area (Å²) in [4.78, 5) is 18.3. The van der Waals surface area contributed by atoms with Crippen LogP contribution in [0.2, 0.25) is 0 Å². The second-order valence-corrected chi connectivity index (χ2v) is 4.46. The number of nitrogen functional groups attached to an aromatic ring is 1. The summed E-state index contributed by atoms with van der Waals surface area (Å²) in [5, 5.41) is 0. The number of nitrogens with two attached hydrogens (primary N) is 1. The molecule has 5 nitrogen and oxygen atoms in total. The Morgan fingerprint density at radius 1 is 1.57 bits per heavy atom. The molecule has 0 unspecified atom stereocenters. The summed E-state index contributed by atoms with van der Waals surface area (Å²) < 4.78 is 4.62. The van der Waals surface area contributed by atoms with E-state index in [0.29, 0.717) is 4.90 Å². The van der Waals surface area contributed by atoms with Crippen molar-refractivity contribution in [1.82, 2.24) is 14.3 Å². The van der Waals surface area contributed by atoms with E-state index in [1.54, 1.807) is 12.3 Å². The number of nitrogens with zero attached hydrogens (tertiary/aromatic N) is 2. The van der Waals surface area contributed by atoms with Crippen LogP contribution in [0.1, 0.15) is 0 Å². The van der Waals surface area contributed by atoms with Crippen molar-refractivity contribution in [2.75, 3.05) is 5.73 Å². The van der Waals surface area contributed by atoms with Gasteiger partial charge in [0, 0.05) is 11.1 Å². The fourth-order valence-corrected chi connectivity index (χ4v) is 2.32. The van der Waals surface area contributed by atoms with Gasteiger partial charge in [0.25, 0.3) is 5.56 Å². The van der Waals surface area contributed by atoms with Crippen molar-refractivity contribution in [2.24, 2.45) is 0 Å². The standard InChI is InChI=1S/C7H6N4OS2/c8-5-4(1-2-9-6(5)12)13-7-10-3-11-14-7/h1-3H,8H2,(H,9,12).